The average molecular weight is 393 g/mol. The fourth-order valence-corrected chi connectivity index (χ4v) is 4.41. The molecule has 2 aromatic rings. The molecule has 1 aromatic carbocycles. The van der Waals surface area contributed by atoms with Crippen molar-refractivity contribution in [3.8, 4) is 0 Å². The Morgan fingerprint density at radius 1 is 1.32 bits per heavy atom. The van der Waals surface area contributed by atoms with Crippen molar-refractivity contribution in [2.75, 3.05) is 10.8 Å². The first-order valence-electron chi connectivity index (χ1n) is 5.50. The van der Waals surface area contributed by atoms with Gasteiger partial charge >= 0.3 is 0 Å². The topological polar surface area (TPSA) is 55.2 Å². The number of nitrogens with zero attached hydrogens (tertiary/aromatic N) is 3. The molecule has 1 aromatic heterocycles. The third kappa shape index (κ3) is 2.02. The molecule has 0 N–H and O–H groups in total. The van der Waals surface area contributed by atoms with Gasteiger partial charge < -0.3 is 0 Å². The summed E-state index contributed by atoms with van der Waals surface area (Å²) in [5.74, 6) is -0.0201. The van der Waals surface area contributed by atoms with Crippen molar-refractivity contribution in [3.05, 3.63) is 39.8 Å². The van der Waals surface area contributed by atoms with Crippen molar-refractivity contribution in [1.82, 2.24) is 9.78 Å². The highest BCUT2D eigenvalue weighted by atomic mass is 127. The number of benzene rings is 1. The zero-order chi connectivity index (χ0) is 13.6. The molecule has 0 bridgehead atoms. The maximum Gasteiger partial charge on any atom is 0.265 e. The Bertz CT molecular complexity index is 744. The molecule has 0 saturated heterocycles. The zero-order valence-corrected chi connectivity index (χ0v) is 12.6. The van der Waals surface area contributed by atoms with Crippen molar-refractivity contribution in [2.24, 2.45) is 0 Å². The summed E-state index contributed by atoms with van der Waals surface area (Å²) in [6.07, 6.45) is 1.61. The fraction of sp³-hybridized carbons (Fsp3) is 0.182. The van der Waals surface area contributed by atoms with Crippen LogP contribution in [0.2, 0.25) is 0 Å². The van der Waals surface area contributed by atoms with E-state index in [1.54, 1.807) is 10.9 Å². The van der Waals surface area contributed by atoms with Gasteiger partial charge in [-0.25, -0.2) is 21.8 Å². The van der Waals surface area contributed by atoms with Gasteiger partial charge in [0.2, 0.25) is 0 Å². The molecule has 2 heterocycles. The van der Waals surface area contributed by atoms with Gasteiger partial charge in [-0.05, 0) is 40.8 Å². The molecule has 0 spiro atoms. The van der Waals surface area contributed by atoms with E-state index in [1.807, 2.05) is 22.6 Å². The van der Waals surface area contributed by atoms with E-state index in [-0.39, 0.29) is 4.90 Å². The van der Waals surface area contributed by atoms with E-state index >= 15 is 0 Å². The van der Waals surface area contributed by atoms with Crippen LogP contribution in [0.15, 0.2) is 35.4 Å². The molecule has 100 valence electrons. The van der Waals surface area contributed by atoms with Crippen molar-refractivity contribution < 1.29 is 12.8 Å². The highest BCUT2D eigenvalue weighted by Gasteiger charge is 2.33. The molecule has 5 nitrogen and oxygen atoms in total. The van der Waals surface area contributed by atoms with Gasteiger partial charge in [-0.15, -0.1) is 0 Å². The Labute approximate surface area is 123 Å². The van der Waals surface area contributed by atoms with Gasteiger partial charge in [0.25, 0.3) is 10.0 Å². The summed E-state index contributed by atoms with van der Waals surface area (Å²) < 4.78 is 41.9. The number of hydrogen-bond donors (Lipinski definition) is 0. The molecular weight excluding hydrogens is 384 g/mol. The number of fused-ring (bicyclic) bond motifs is 1. The second kappa shape index (κ2) is 4.44. The monoisotopic (exact) mass is 393 g/mol. The Morgan fingerprint density at radius 3 is 2.84 bits per heavy atom. The van der Waals surface area contributed by atoms with Crippen LogP contribution in [-0.2, 0) is 16.6 Å². The summed E-state index contributed by atoms with van der Waals surface area (Å²) in [4.78, 5) is -0.0436. The van der Waals surface area contributed by atoms with Crippen LogP contribution in [0.4, 0.5) is 10.2 Å². The zero-order valence-electron chi connectivity index (χ0n) is 9.62. The number of halogens is 2. The number of sulfonamides is 1. The summed E-state index contributed by atoms with van der Waals surface area (Å²) in [6.45, 7) is 0.824. The molecule has 8 heteroatoms. The first-order chi connectivity index (χ1) is 9.00. The Balaban J connectivity index is 2.10. The molecule has 0 radical (unpaired) electrons. The normalized spacial score (nSPS) is 14.7. The molecule has 0 aliphatic carbocycles. The van der Waals surface area contributed by atoms with Crippen LogP contribution < -0.4 is 4.31 Å². The maximum absolute atomic E-state index is 13.2. The molecule has 0 unspecified atom stereocenters. The molecular formula is C11H9FIN3O2S. The molecule has 0 saturated carbocycles. The van der Waals surface area contributed by atoms with Crippen molar-refractivity contribution in [2.45, 2.75) is 11.4 Å². The van der Waals surface area contributed by atoms with E-state index in [0.717, 1.165) is 9.64 Å². The van der Waals surface area contributed by atoms with Crippen molar-refractivity contribution in [1.29, 1.82) is 0 Å². The smallest absolute Gasteiger partial charge is 0.247 e. The third-order valence-electron chi connectivity index (χ3n) is 2.90. The van der Waals surface area contributed by atoms with Crippen LogP contribution in [0.5, 0.6) is 0 Å². The predicted octanol–water partition coefficient (Wildman–Crippen LogP) is 1.84. The lowest BCUT2D eigenvalue weighted by molar-refractivity contribution is 0.587. The van der Waals surface area contributed by atoms with E-state index < -0.39 is 15.8 Å². The van der Waals surface area contributed by atoms with Gasteiger partial charge in [-0.3, -0.25) is 0 Å². The summed E-state index contributed by atoms with van der Waals surface area (Å²) in [5.41, 5.74) is 0. The van der Waals surface area contributed by atoms with Crippen LogP contribution in [0, 0.1) is 9.39 Å². The SMILES string of the molecule is O=S(=O)(c1cccc(F)c1)N1CCn2ncc(I)c21. The minimum atomic E-state index is -3.74. The second-order valence-electron chi connectivity index (χ2n) is 4.07. The summed E-state index contributed by atoms with van der Waals surface area (Å²) in [7, 11) is -3.74. The first kappa shape index (κ1) is 12.9. The van der Waals surface area contributed by atoms with Gasteiger partial charge in [-0.1, -0.05) is 6.07 Å². The minimum Gasteiger partial charge on any atom is -0.247 e. The minimum absolute atomic E-state index is 0.0436. The van der Waals surface area contributed by atoms with Crippen LogP contribution in [-0.4, -0.2) is 24.7 Å². The number of anilines is 1. The van der Waals surface area contributed by atoms with E-state index in [0.29, 0.717) is 18.9 Å². The van der Waals surface area contributed by atoms with Crippen LogP contribution in [0.3, 0.4) is 0 Å². The van der Waals surface area contributed by atoms with Crippen molar-refractivity contribution >= 4 is 38.4 Å². The number of rotatable bonds is 2. The lowest BCUT2D eigenvalue weighted by atomic mass is 10.4. The molecule has 1 aliphatic rings. The predicted molar refractivity (Wildman–Crippen MR) is 75.9 cm³/mol. The first-order valence-corrected chi connectivity index (χ1v) is 8.01. The molecule has 1 aliphatic heterocycles. The largest absolute Gasteiger partial charge is 0.265 e. The van der Waals surface area contributed by atoms with Crippen molar-refractivity contribution in [3.63, 3.8) is 0 Å². The lowest BCUT2D eigenvalue weighted by Crippen LogP contribution is -2.29. The molecule has 3 rings (SSSR count). The van der Waals surface area contributed by atoms with Gasteiger partial charge in [0, 0.05) is 0 Å². The lowest BCUT2D eigenvalue weighted by Gasteiger charge is -2.17. The molecule has 0 fully saturated rings. The summed E-state index contributed by atoms with van der Waals surface area (Å²) >= 11 is 2.04. The fourth-order valence-electron chi connectivity index (χ4n) is 2.05. The number of aromatic nitrogens is 2. The third-order valence-corrected chi connectivity index (χ3v) is 5.45. The Morgan fingerprint density at radius 2 is 2.11 bits per heavy atom. The van der Waals surface area contributed by atoms with E-state index in [9.17, 15) is 12.8 Å². The second-order valence-corrected chi connectivity index (χ2v) is 7.10. The van der Waals surface area contributed by atoms with Crippen LogP contribution in [0.25, 0.3) is 0 Å². The van der Waals surface area contributed by atoms with Gasteiger partial charge in [0.15, 0.2) is 5.82 Å². The summed E-state index contributed by atoms with van der Waals surface area (Å²) in [5, 5.41) is 4.10. The van der Waals surface area contributed by atoms with Gasteiger partial charge in [0.05, 0.1) is 27.8 Å². The quantitative estimate of drug-likeness (QED) is 0.732. The summed E-state index contributed by atoms with van der Waals surface area (Å²) in [6, 6.07) is 5.03. The van der Waals surface area contributed by atoms with Crippen LogP contribution >= 0.6 is 22.6 Å². The number of hydrogen-bond acceptors (Lipinski definition) is 3. The van der Waals surface area contributed by atoms with E-state index in [1.165, 1.54) is 22.5 Å². The van der Waals surface area contributed by atoms with E-state index in [2.05, 4.69) is 5.10 Å². The van der Waals surface area contributed by atoms with Crippen LogP contribution in [0.1, 0.15) is 0 Å². The average Bonchev–Trinajstić information content (AvgIpc) is 2.93. The molecule has 0 amide bonds. The van der Waals surface area contributed by atoms with Gasteiger partial charge in [0.1, 0.15) is 5.82 Å². The van der Waals surface area contributed by atoms with E-state index in [4.69, 9.17) is 0 Å². The molecule has 19 heavy (non-hydrogen) atoms. The standard InChI is InChI=1S/C11H9FIN3O2S/c12-8-2-1-3-9(6-8)19(17,18)16-5-4-15-11(16)10(13)7-14-15/h1-3,6-7H,4-5H2. The highest BCUT2D eigenvalue weighted by Crippen LogP contribution is 2.31. The Kier molecular flexibility index (Phi) is 3.01. The highest BCUT2D eigenvalue weighted by molar-refractivity contribution is 14.1. The molecule has 0 atom stereocenters. The maximum atomic E-state index is 13.2. The Hall–Kier alpha value is -1.16. The van der Waals surface area contributed by atoms with Gasteiger partial charge in [-0.2, -0.15) is 5.10 Å².